The Hall–Kier alpha value is -2.29. The van der Waals surface area contributed by atoms with Gasteiger partial charge in [-0.25, -0.2) is 8.42 Å². The molecule has 0 saturated heterocycles. The lowest BCUT2D eigenvalue weighted by atomic mass is 10.1. The summed E-state index contributed by atoms with van der Waals surface area (Å²) in [7, 11) is -3.67. The first-order valence-corrected chi connectivity index (χ1v) is 14.6. The number of sulfonamides is 1. The molecule has 0 aliphatic carbocycles. The number of amides is 2. The molecule has 36 heavy (non-hydrogen) atoms. The van der Waals surface area contributed by atoms with Crippen molar-refractivity contribution in [2.45, 2.75) is 59.0 Å². The molecular weight excluding hydrogens is 521 g/mol. The number of aryl methyl sites for hydroxylation is 1. The molecule has 198 valence electrons. The second-order valence-electron chi connectivity index (χ2n) is 8.76. The van der Waals surface area contributed by atoms with Gasteiger partial charge in [-0.2, -0.15) is 0 Å². The zero-order valence-corrected chi connectivity index (χ0v) is 23.6. The average molecular weight is 557 g/mol. The molecule has 0 aliphatic rings. The van der Waals surface area contributed by atoms with E-state index in [2.05, 4.69) is 5.32 Å². The van der Waals surface area contributed by atoms with Gasteiger partial charge in [0.1, 0.15) is 6.04 Å². The molecule has 2 amide bonds. The Labute approximate surface area is 224 Å². The van der Waals surface area contributed by atoms with Gasteiger partial charge in [-0.05, 0) is 49.9 Å². The lowest BCUT2D eigenvalue weighted by Gasteiger charge is -2.31. The van der Waals surface area contributed by atoms with Gasteiger partial charge in [0, 0.05) is 31.1 Å². The predicted molar refractivity (Wildman–Crippen MR) is 147 cm³/mol. The standard InChI is InChI=1S/C26H35Cl2N3O4S/c1-5-15-29-26(33)23(6-2)30(18-20-11-9-19(3)10-12-20)25(32)8-7-16-31(36(4,34)35)24-17-21(27)13-14-22(24)28/h9-14,17,23H,5-8,15-16,18H2,1-4H3,(H,29,33). The number of carbonyl (C=O) groups excluding carboxylic acids is 2. The van der Waals surface area contributed by atoms with Gasteiger partial charge in [0.2, 0.25) is 21.8 Å². The van der Waals surface area contributed by atoms with Crippen LogP contribution in [0.15, 0.2) is 42.5 Å². The summed E-state index contributed by atoms with van der Waals surface area (Å²) in [5, 5.41) is 3.49. The van der Waals surface area contributed by atoms with Gasteiger partial charge in [-0.15, -0.1) is 0 Å². The topological polar surface area (TPSA) is 86.8 Å². The Kier molecular flexibility index (Phi) is 11.5. The molecular formula is C26H35Cl2N3O4S. The summed E-state index contributed by atoms with van der Waals surface area (Å²) >= 11 is 12.3. The molecule has 0 radical (unpaired) electrons. The Morgan fingerprint density at radius 3 is 2.31 bits per heavy atom. The first kappa shape index (κ1) is 29.9. The van der Waals surface area contributed by atoms with E-state index in [1.165, 1.54) is 12.1 Å². The van der Waals surface area contributed by atoms with Crippen LogP contribution in [0.5, 0.6) is 0 Å². The van der Waals surface area contributed by atoms with Gasteiger partial charge in [-0.1, -0.05) is 66.9 Å². The highest BCUT2D eigenvalue weighted by atomic mass is 35.5. The summed E-state index contributed by atoms with van der Waals surface area (Å²) in [5.41, 5.74) is 2.28. The fourth-order valence-corrected chi connectivity index (χ4v) is 5.24. The van der Waals surface area contributed by atoms with Crippen LogP contribution in [-0.4, -0.2) is 50.5 Å². The largest absolute Gasteiger partial charge is 0.354 e. The van der Waals surface area contributed by atoms with Crippen molar-refractivity contribution >= 4 is 50.7 Å². The maximum Gasteiger partial charge on any atom is 0.242 e. The second-order valence-corrected chi connectivity index (χ2v) is 11.5. The number of anilines is 1. The number of carbonyl (C=O) groups is 2. The number of hydrogen-bond donors (Lipinski definition) is 1. The van der Waals surface area contributed by atoms with Gasteiger partial charge in [0.25, 0.3) is 0 Å². The van der Waals surface area contributed by atoms with Crippen molar-refractivity contribution in [3.05, 3.63) is 63.6 Å². The van der Waals surface area contributed by atoms with Gasteiger partial charge >= 0.3 is 0 Å². The molecule has 2 rings (SSSR count). The summed E-state index contributed by atoms with van der Waals surface area (Å²) in [6.45, 7) is 6.69. The molecule has 0 spiro atoms. The van der Waals surface area contributed by atoms with Crippen molar-refractivity contribution in [1.29, 1.82) is 0 Å². The lowest BCUT2D eigenvalue weighted by molar-refractivity contribution is -0.141. The summed E-state index contributed by atoms with van der Waals surface area (Å²) < 4.78 is 26.1. The van der Waals surface area contributed by atoms with E-state index >= 15 is 0 Å². The van der Waals surface area contributed by atoms with Crippen LogP contribution in [0.3, 0.4) is 0 Å². The van der Waals surface area contributed by atoms with Crippen molar-refractivity contribution < 1.29 is 18.0 Å². The van der Waals surface area contributed by atoms with Crippen LogP contribution in [-0.2, 0) is 26.2 Å². The first-order valence-electron chi connectivity index (χ1n) is 12.0. The molecule has 7 nitrogen and oxygen atoms in total. The number of halogens is 2. The van der Waals surface area contributed by atoms with E-state index in [9.17, 15) is 18.0 Å². The molecule has 10 heteroatoms. The van der Waals surface area contributed by atoms with E-state index in [1.807, 2.05) is 45.0 Å². The van der Waals surface area contributed by atoms with Gasteiger partial charge in [-0.3, -0.25) is 13.9 Å². The molecule has 1 atom stereocenters. The summed E-state index contributed by atoms with van der Waals surface area (Å²) in [6, 6.07) is 11.8. The van der Waals surface area contributed by atoms with E-state index in [-0.39, 0.29) is 48.5 Å². The third kappa shape index (κ3) is 8.68. The number of rotatable bonds is 13. The molecule has 1 unspecified atom stereocenters. The van der Waals surface area contributed by atoms with Crippen molar-refractivity contribution in [1.82, 2.24) is 10.2 Å². The summed E-state index contributed by atoms with van der Waals surface area (Å²) in [4.78, 5) is 27.9. The maximum atomic E-state index is 13.4. The van der Waals surface area contributed by atoms with Crippen molar-refractivity contribution in [3.63, 3.8) is 0 Å². The number of benzene rings is 2. The summed E-state index contributed by atoms with van der Waals surface area (Å²) in [6.07, 6.45) is 2.64. The highest BCUT2D eigenvalue weighted by Crippen LogP contribution is 2.31. The van der Waals surface area contributed by atoms with Crippen LogP contribution < -0.4 is 9.62 Å². The fraction of sp³-hybridized carbons (Fsp3) is 0.462. The normalized spacial score (nSPS) is 12.2. The zero-order chi connectivity index (χ0) is 26.9. The van der Waals surface area contributed by atoms with E-state index in [4.69, 9.17) is 23.2 Å². The number of nitrogens with zero attached hydrogens (tertiary/aromatic N) is 2. The van der Waals surface area contributed by atoms with Crippen LogP contribution in [0.2, 0.25) is 10.0 Å². The Balaban J connectivity index is 2.23. The average Bonchev–Trinajstić information content (AvgIpc) is 2.82. The molecule has 0 aromatic heterocycles. The molecule has 2 aromatic carbocycles. The van der Waals surface area contributed by atoms with Gasteiger partial charge in [0.05, 0.1) is 17.0 Å². The Bertz CT molecular complexity index is 1140. The predicted octanol–water partition coefficient (Wildman–Crippen LogP) is 5.18. The molecule has 0 aliphatic heterocycles. The lowest BCUT2D eigenvalue weighted by Crippen LogP contribution is -2.49. The highest BCUT2D eigenvalue weighted by molar-refractivity contribution is 7.92. The fourth-order valence-electron chi connectivity index (χ4n) is 3.84. The third-order valence-corrected chi connectivity index (χ3v) is 7.47. The smallest absolute Gasteiger partial charge is 0.242 e. The van der Waals surface area contributed by atoms with Crippen LogP contribution in [0.4, 0.5) is 5.69 Å². The Morgan fingerprint density at radius 2 is 1.72 bits per heavy atom. The number of hydrogen-bond acceptors (Lipinski definition) is 4. The first-order chi connectivity index (χ1) is 17.0. The van der Waals surface area contributed by atoms with E-state index in [1.54, 1.807) is 11.0 Å². The molecule has 0 fully saturated rings. The van der Waals surface area contributed by atoms with Gasteiger partial charge < -0.3 is 10.2 Å². The van der Waals surface area contributed by atoms with Gasteiger partial charge in [0.15, 0.2) is 0 Å². The monoisotopic (exact) mass is 555 g/mol. The minimum atomic E-state index is -3.67. The Morgan fingerprint density at radius 1 is 1.06 bits per heavy atom. The highest BCUT2D eigenvalue weighted by Gasteiger charge is 2.29. The van der Waals surface area contributed by atoms with Crippen molar-refractivity contribution in [3.8, 4) is 0 Å². The van der Waals surface area contributed by atoms with Crippen LogP contribution in [0.25, 0.3) is 0 Å². The van der Waals surface area contributed by atoms with Crippen LogP contribution in [0.1, 0.15) is 50.7 Å². The molecule has 0 saturated carbocycles. The van der Waals surface area contributed by atoms with Crippen molar-refractivity contribution in [2.75, 3.05) is 23.7 Å². The molecule has 2 aromatic rings. The molecule has 0 bridgehead atoms. The minimum Gasteiger partial charge on any atom is -0.354 e. The SMILES string of the molecule is CCCNC(=O)C(CC)N(Cc1ccc(C)cc1)C(=O)CCCN(c1cc(Cl)ccc1Cl)S(C)(=O)=O. The quantitative estimate of drug-likeness (QED) is 0.368. The molecule has 1 N–H and O–H groups in total. The number of nitrogens with one attached hydrogen (secondary N) is 1. The minimum absolute atomic E-state index is 0.0435. The summed E-state index contributed by atoms with van der Waals surface area (Å²) in [5.74, 6) is -0.414. The van der Waals surface area contributed by atoms with Crippen molar-refractivity contribution in [2.24, 2.45) is 0 Å². The third-order valence-electron chi connectivity index (χ3n) is 5.74. The van der Waals surface area contributed by atoms with E-state index in [0.717, 1.165) is 28.1 Å². The maximum absolute atomic E-state index is 13.4. The van der Waals surface area contributed by atoms with Crippen LogP contribution >= 0.6 is 23.2 Å². The van der Waals surface area contributed by atoms with E-state index in [0.29, 0.717) is 18.0 Å². The second kappa shape index (κ2) is 13.9. The molecule has 0 heterocycles. The van der Waals surface area contributed by atoms with E-state index < -0.39 is 16.1 Å². The van der Waals surface area contributed by atoms with Crippen LogP contribution in [0, 0.1) is 6.92 Å². The zero-order valence-electron chi connectivity index (χ0n) is 21.3.